The van der Waals surface area contributed by atoms with Crippen molar-refractivity contribution < 1.29 is 4.79 Å². The van der Waals surface area contributed by atoms with E-state index in [2.05, 4.69) is 36.4 Å². The molecule has 1 aliphatic rings. The summed E-state index contributed by atoms with van der Waals surface area (Å²) >= 11 is 0. The zero-order valence-electron chi connectivity index (χ0n) is 11.6. The van der Waals surface area contributed by atoms with Crippen LogP contribution < -0.4 is 10.6 Å². The van der Waals surface area contributed by atoms with Gasteiger partial charge in [-0.25, -0.2) is 0 Å². The quantitative estimate of drug-likeness (QED) is 0.749. The van der Waals surface area contributed by atoms with Crippen LogP contribution in [0, 0.1) is 5.92 Å². The average Bonchev–Trinajstić information content (AvgIpc) is 2.27. The minimum absolute atomic E-state index is 0.116. The van der Waals surface area contributed by atoms with E-state index in [1.165, 1.54) is 0 Å². The number of carbonyl (C=O) groups is 1. The van der Waals surface area contributed by atoms with Crippen LogP contribution in [0.1, 0.15) is 33.6 Å². The second-order valence-corrected chi connectivity index (χ2v) is 5.39. The molecule has 2 N–H and O–H groups in total. The van der Waals surface area contributed by atoms with Crippen molar-refractivity contribution >= 4 is 5.91 Å². The Balaban J connectivity index is 2.23. The van der Waals surface area contributed by atoms with E-state index in [4.69, 9.17) is 0 Å². The van der Waals surface area contributed by atoms with Gasteiger partial charge in [0.15, 0.2) is 0 Å². The molecule has 1 fully saturated rings. The SMILES string of the molecule is CCC(C)NC(=O)CNC1CCN(C)CC1C. The Labute approximate surface area is 105 Å². The third kappa shape index (κ3) is 5.04. The topological polar surface area (TPSA) is 44.4 Å². The van der Waals surface area contributed by atoms with E-state index < -0.39 is 0 Å². The lowest BCUT2D eigenvalue weighted by molar-refractivity contribution is -0.121. The second-order valence-electron chi connectivity index (χ2n) is 5.39. The Morgan fingerprint density at radius 3 is 2.82 bits per heavy atom. The van der Waals surface area contributed by atoms with Crippen molar-refractivity contribution in [1.82, 2.24) is 15.5 Å². The lowest BCUT2D eigenvalue weighted by Crippen LogP contribution is -2.50. The molecule has 17 heavy (non-hydrogen) atoms. The van der Waals surface area contributed by atoms with Crippen LogP contribution in [-0.2, 0) is 4.79 Å². The molecule has 0 aromatic heterocycles. The fraction of sp³-hybridized carbons (Fsp3) is 0.923. The number of nitrogens with one attached hydrogen (secondary N) is 2. The van der Waals surface area contributed by atoms with Gasteiger partial charge in [-0.2, -0.15) is 0 Å². The average molecular weight is 241 g/mol. The van der Waals surface area contributed by atoms with Gasteiger partial charge in [0.05, 0.1) is 6.54 Å². The third-order valence-electron chi connectivity index (χ3n) is 3.65. The van der Waals surface area contributed by atoms with Crippen LogP contribution in [-0.4, -0.2) is 49.6 Å². The normalized spacial score (nSPS) is 27.8. The maximum absolute atomic E-state index is 11.6. The van der Waals surface area contributed by atoms with Crippen LogP contribution >= 0.6 is 0 Å². The van der Waals surface area contributed by atoms with Crippen LogP contribution in [0.25, 0.3) is 0 Å². The van der Waals surface area contributed by atoms with Crippen molar-refractivity contribution in [2.75, 3.05) is 26.7 Å². The van der Waals surface area contributed by atoms with Crippen molar-refractivity contribution in [3.8, 4) is 0 Å². The Bertz CT molecular complexity index is 245. The smallest absolute Gasteiger partial charge is 0.234 e. The fourth-order valence-electron chi connectivity index (χ4n) is 2.31. The number of hydrogen-bond donors (Lipinski definition) is 2. The van der Waals surface area contributed by atoms with E-state index in [1.807, 2.05) is 6.92 Å². The number of carbonyl (C=O) groups excluding carboxylic acids is 1. The Hall–Kier alpha value is -0.610. The molecule has 0 aromatic rings. The van der Waals surface area contributed by atoms with E-state index in [-0.39, 0.29) is 11.9 Å². The summed E-state index contributed by atoms with van der Waals surface area (Å²) in [4.78, 5) is 14.0. The Morgan fingerprint density at radius 1 is 1.53 bits per heavy atom. The highest BCUT2D eigenvalue weighted by Gasteiger charge is 2.24. The zero-order valence-corrected chi connectivity index (χ0v) is 11.6. The summed E-state index contributed by atoms with van der Waals surface area (Å²) in [6, 6.07) is 0.757. The molecule has 0 aliphatic carbocycles. The molecule has 0 spiro atoms. The number of piperidine rings is 1. The molecule has 1 aliphatic heterocycles. The van der Waals surface area contributed by atoms with E-state index in [1.54, 1.807) is 0 Å². The molecule has 0 bridgehead atoms. The molecule has 1 rings (SSSR count). The lowest BCUT2D eigenvalue weighted by atomic mass is 9.94. The van der Waals surface area contributed by atoms with Gasteiger partial charge in [0, 0.05) is 18.6 Å². The molecular weight excluding hydrogens is 214 g/mol. The molecule has 3 atom stereocenters. The summed E-state index contributed by atoms with van der Waals surface area (Å²) in [6.07, 6.45) is 2.12. The molecule has 1 amide bonds. The highest BCUT2D eigenvalue weighted by molar-refractivity contribution is 5.78. The second kappa shape index (κ2) is 6.97. The highest BCUT2D eigenvalue weighted by Crippen LogP contribution is 2.14. The van der Waals surface area contributed by atoms with Crippen LogP contribution in [0.4, 0.5) is 0 Å². The first-order valence-corrected chi connectivity index (χ1v) is 6.74. The first-order chi connectivity index (χ1) is 8.02. The maximum Gasteiger partial charge on any atom is 0.234 e. The minimum Gasteiger partial charge on any atom is -0.353 e. The van der Waals surface area contributed by atoms with Crippen LogP contribution in [0.3, 0.4) is 0 Å². The number of likely N-dealkylation sites (tertiary alicyclic amines) is 1. The van der Waals surface area contributed by atoms with E-state index in [0.717, 1.165) is 25.9 Å². The molecule has 0 saturated carbocycles. The molecule has 1 saturated heterocycles. The summed E-state index contributed by atoms with van der Waals surface area (Å²) in [6.45, 7) is 9.05. The van der Waals surface area contributed by atoms with Gasteiger partial charge < -0.3 is 15.5 Å². The molecule has 0 aromatic carbocycles. The molecular formula is C13H27N3O. The van der Waals surface area contributed by atoms with Crippen LogP contribution in [0.2, 0.25) is 0 Å². The minimum atomic E-state index is 0.116. The summed E-state index contributed by atoms with van der Waals surface area (Å²) in [5, 5.41) is 6.36. The Morgan fingerprint density at radius 2 is 2.24 bits per heavy atom. The predicted molar refractivity (Wildman–Crippen MR) is 71.0 cm³/mol. The summed E-state index contributed by atoms with van der Waals surface area (Å²) in [5.74, 6) is 0.732. The monoisotopic (exact) mass is 241 g/mol. The van der Waals surface area contributed by atoms with E-state index in [9.17, 15) is 4.79 Å². The van der Waals surface area contributed by atoms with Gasteiger partial charge in [-0.15, -0.1) is 0 Å². The van der Waals surface area contributed by atoms with E-state index >= 15 is 0 Å². The van der Waals surface area contributed by atoms with Crippen molar-refractivity contribution in [2.24, 2.45) is 5.92 Å². The van der Waals surface area contributed by atoms with Gasteiger partial charge in [-0.1, -0.05) is 13.8 Å². The number of amides is 1. The molecule has 1 heterocycles. The van der Waals surface area contributed by atoms with Gasteiger partial charge in [0.25, 0.3) is 0 Å². The van der Waals surface area contributed by atoms with E-state index in [0.29, 0.717) is 18.5 Å². The first kappa shape index (κ1) is 14.5. The van der Waals surface area contributed by atoms with Gasteiger partial charge in [-0.3, -0.25) is 4.79 Å². The number of rotatable bonds is 5. The highest BCUT2D eigenvalue weighted by atomic mass is 16.1. The largest absolute Gasteiger partial charge is 0.353 e. The molecule has 4 nitrogen and oxygen atoms in total. The van der Waals surface area contributed by atoms with Gasteiger partial charge in [-0.05, 0) is 39.3 Å². The van der Waals surface area contributed by atoms with Crippen LogP contribution in [0.15, 0.2) is 0 Å². The van der Waals surface area contributed by atoms with Gasteiger partial charge in [0.1, 0.15) is 0 Å². The van der Waals surface area contributed by atoms with Gasteiger partial charge in [0.2, 0.25) is 5.91 Å². The standard InChI is InChI=1S/C13H27N3O/c1-5-11(3)15-13(17)8-14-12-6-7-16(4)9-10(12)2/h10-12,14H,5-9H2,1-4H3,(H,15,17). The summed E-state index contributed by atoms with van der Waals surface area (Å²) in [5.41, 5.74) is 0. The van der Waals surface area contributed by atoms with Crippen molar-refractivity contribution in [3.63, 3.8) is 0 Å². The Kier molecular flexibility index (Phi) is 5.92. The third-order valence-corrected chi connectivity index (χ3v) is 3.65. The van der Waals surface area contributed by atoms with Crippen molar-refractivity contribution in [2.45, 2.75) is 45.7 Å². The van der Waals surface area contributed by atoms with Gasteiger partial charge >= 0.3 is 0 Å². The number of hydrogen-bond acceptors (Lipinski definition) is 3. The number of nitrogens with zero attached hydrogens (tertiary/aromatic N) is 1. The lowest BCUT2D eigenvalue weighted by Gasteiger charge is -2.35. The maximum atomic E-state index is 11.6. The first-order valence-electron chi connectivity index (χ1n) is 6.74. The van der Waals surface area contributed by atoms with Crippen LogP contribution in [0.5, 0.6) is 0 Å². The molecule has 0 radical (unpaired) electrons. The summed E-state index contributed by atoms with van der Waals surface area (Å²) in [7, 11) is 2.16. The zero-order chi connectivity index (χ0) is 12.8. The van der Waals surface area contributed by atoms with Crippen molar-refractivity contribution in [3.05, 3.63) is 0 Å². The van der Waals surface area contributed by atoms with Crippen molar-refractivity contribution in [1.29, 1.82) is 0 Å². The molecule has 100 valence electrons. The molecule has 4 heteroatoms. The fourth-order valence-corrected chi connectivity index (χ4v) is 2.31. The summed E-state index contributed by atoms with van der Waals surface area (Å²) < 4.78 is 0. The molecule has 3 unspecified atom stereocenters. The predicted octanol–water partition coefficient (Wildman–Crippen LogP) is 0.831.